The fraction of sp³-hybridized carbons (Fsp3) is 0.542. The van der Waals surface area contributed by atoms with E-state index in [0.29, 0.717) is 38.6 Å². The molecule has 1 saturated heterocycles. The Balaban J connectivity index is 1.38. The molecule has 0 unspecified atom stereocenters. The maximum absolute atomic E-state index is 12.9. The number of aryl methyl sites for hydroxylation is 1. The van der Waals surface area contributed by atoms with Gasteiger partial charge >= 0.3 is 5.69 Å². The summed E-state index contributed by atoms with van der Waals surface area (Å²) >= 11 is 0. The largest absolute Gasteiger partial charge is 0.339 e. The smallest absolute Gasteiger partial charge is 0.328 e. The molecule has 2 aromatic rings. The zero-order valence-corrected chi connectivity index (χ0v) is 18.3. The number of imidazole rings is 1. The average molecular weight is 423 g/mol. The summed E-state index contributed by atoms with van der Waals surface area (Å²) in [5, 5.41) is 0. The Morgan fingerprint density at radius 2 is 1.68 bits per heavy atom. The van der Waals surface area contributed by atoms with Crippen molar-refractivity contribution < 1.29 is 9.59 Å². The Kier molecular flexibility index (Phi) is 5.90. The van der Waals surface area contributed by atoms with E-state index in [9.17, 15) is 14.4 Å². The molecule has 164 valence electrons. The van der Waals surface area contributed by atoms with Crippen molar-refractivity contribution in [2.24, 2.45) is 18.9 Å². The summed E-state index contributed by atoms with van der Waals surface area (Å²) in [6.45, 7) is 4.73. The second-order valence-corrected chi connectivity index (χ2v) is 8.85. The van der Waals surface area contributed by atoms with Crippen molar-refractivity contribution in [2.45, 2.75) is 39.2 Å². The van der Waals surface area contributed by atoms with Gasteiger partial charge in [0, 0.05) is 58.2 Å². The van der Waals surface area contributed by atoms with E-state index in [1.165, 1.54) is 0 Å². The van der Waals surface area contributed by atoms with Crippen LogP contribution in [0.1, 0.15) is 38.2 Å². The van der Waals surface area contributed by atoms with Crippen molar-refractivity contribution in [3.05, 3.63) is 34.2 Å². The highest BCUT2D eigenvalue weighted by molar-refractivity contribution is 5.80. The van der Waals surface area contributed by atoms with Crippen LogP contribution in [0.4, 0.5) is 0 Å². The lowest BCUT2D eigenvalue weighted by atomic mass is 9.81. The number of nitrogens with zero attached hydrogens (tertiary/aromatic N) is 4. The van der Waals surface area contributed by atoms with E-state index < -0.39 is 0 Å². The lowest BCUT2D eigenvalue weighted by molar-refractivity contribution is -0.142. The molecule has 2 heterocycles. The predicted molar refractivity (Wildman–Crippen MR) is 119 cm³/mol. The molecule has 0 spiro atoms. The molecule has 1 aliphatic heterocycles. The van der Waals surface area contributed by atoms with E-state index in [-0.39, 0.29) is 23.4 Å². The van der Waals surface area contributed by atoms with Crippen LogP contribution in [0, 0.1) is 24.2 Å². The predicted octanol–water partition coefficient (Wildman–Crippen LogP) is 1.82. The van der Waals surface area contributed by atoms with Crippen LogP contribution in [0.15, 0.2) is 23.0 Å². The first kappa shape index (κ1) is 21.2. The van der Waals surface area contributed by atoms with Gasteiger partial charge in [0.1, 0.15) is 0 Å². The number of fused-ring (bicyclic) bond motifs is 1. The van der Waals surface area contributed by atoms with Gasteiger partial charge in [0.05, 0.1) is 11.0 Å². The molecule has 0 atom stereocenters. The molecule has 1 aliphatic carbocycles. The summed E-state index contributed by atoms with van der Waals surface area (Å²) in [6.07, 6.45) is 9.12. The molecule has 0 N–H and O–H groups in total. The molecule has 1 aromatic carbocycles. The Labute approximate surface area is 182 Å². The lowest BCUT2D eigenvalue weighted by Gasteiger charge is -2.37. The van der Waals surface area contributed by atoms with Crippen LogP contribution in [-0.2, 0) is 23.2 Å². The number of aromatic nitrogens is 2. The normalized spacial score (nSPS) is 21.8. The van der Waals surface area contributed by atoms with Gasteiger partial charge < -0.3 is 9.80 Å². The quantitative estimate of drug-likeness (QED) is 0.709. The third kappa shape index (κ3) is 4.12. The van der Waals surface area contributed by atoms with Gasteiger partial charge in [-0.3, -0.25) is 18.7 Å². The summed E-state index contributed by atoms with van der Waals surface area (Å²) in [6, 6.07) is 5.68. The number of rotatable bonds is 3. The van der Waals surface area contributed by atoms with Crippen LogP contribution >= 0.6 is 0 Å². The van der Waals surface area contributed by atoms with Crippen molar-refractivity contribution >= 4 is 22.8 Å². The van der Waals surface area contributed by atoms with Gasteiger partial charge in [-0.15, -0.1) is 6.42 Å². The molecule has 2 fully saturated rings. The molecular weight excluding hydrogens is 392 g/mol. The fourth-order valence-electron chi connectivity index (χ4n) is 5.03. The lowest BCUT2D eigenvalue weighted by Crippen LogP contribution is -2.51. The van der Waals surface area contributed by atoms with Crippen molar-refractivity contribution in [1.82, 2.24) is 18.9 Å². The number of benzene rings is 1. The standard InChI is InChI=1S/C24H30N4O3/c1-4-18-7-10-21-22(15-18)28(24(31)25(21)3)16-19-5-8-20(9-6-19)23(30)27-13-11-26(12-14-27)17(2)29/h1,7,10,15,19-20H,5-6,8-9,11-14,16H2,2-3H3/t19-,20-. The van der Waals surface area contributed by atoms with Crippen molar-refractivity contribution in [3.63, 3.8) is 0 Å². The minimum atomic E-state index is -0.0225. The average Bonchev–Trinajstić information content (AvgIpc) is 3.03. The number of piperazine rings is 1. The van der Waals surface area contributed by atoms with E-state index in [0.717, 1.165) is 42.3 Å². The summed E-state index contributed by atoms with van der Waals surface area (Å²) in [5.74, 6) is 3.37. The van der Waals surface area contributed by atoms with Crippen molar-refractivity contribution in [1.29, 1.82) is 0 Å². The van der Waals surface area contributed by atoms with E-state index in [2.05, 4.69) is 5.92 Å². The highest BCUT2D eigenvalue weighted by Crippen LogP contribution is 2.32. The highest BCUT2D eigenvalue weighted by Gasteiger charge is 2.32. The number of carbonyl (C=O) groups excluding carboxylic acids is 2. The zero-order chi connectivity index (χ0) is 22.1. The van der Waals surface area contributed by atoms with Gasteiger partial charge in [-0.25, -0.2) is 4.79 Å². The first-order chi connectivity index (χ1) is 14.9. The Hall–Kier alpha value is -3.01. The maximum atomic E-state index is 12.9. The summed E-state index contributed by atoms with van der Waals surface area (Å²) in [4.78, 5) is 41.0. The first-order valence-electron chi connectivity index (χ1n) is 11.1. The number of terminal acetylenes is 1. The van der Waals surface area contributed by atoms with Gasteiger partial charge in [0.15, 0.2) is 0 Å². The van der Waals surface area contributed by atoms with Crippen LogP contribution in [0.3, 0.4) is 0 Å². The molecule has 7 nitrogen and oxygen atoms in total. The number of carbonyl (C=O) groups is 2. The summed E-state index contributed by atoms with van der Waals surface area (Å²) in [7, 11) is 1.79. The molecule has 1 aromatic heterocycles. The van der Waals surface area contributed by atoms with E-state index >= 15 is 0 Å². The summed E-state index contributed by atoms with van der Waals surface area (Å²) in [5.41, 5.74) is 2.51. The molecule has 31 heavy (non-hydrogen) atoms. The van der Waals surface area contributed by atoms with E-state index in [4.69, 9.17) is 6.42 Å². The van der Waals surface area contributed by atoms with Crippen molar-refractivity contribution in [2.75, 3.05) is 26.2 Å². The molecule has 7 heteroatoms. The Morgan fingerprint density at radius 3 is 2.29 bits per heavy atom. The minimum Gasteiger partial charge on any atom is -0.339 e. The monoisotopic (exact) mass is 422 g/mol. The maximum Gasteiger partial charge on any atom is 0.328 e. The van der Waals surface area contributed by atoms with Gasteiger partial charge in [-0.05, 0) is 49.8 Å². The molecule has 0 bridgehead atoms. The summed E-state index contributed by atoms with van der Waals surface area (Å²) < 4.78 is 3.51. The zero-order valence-electron chi connectivity index (χ0n) is 18.3. The molecule has 0 radical (unpaired) electrons. The number of hydrogen-bond donors (Lipinski definition) is 0. The Bertz CT molecular complexity index is 1090. The van der Waals surface area contributed by atoms with Gasteiger partial charge in [-0.2, -0.15) is 0 Å². The molecule has 1 saturated carbocycles. The number of hydrogen-bond acceptors (Lipinski definition) is 3. The molecule has 4 rings (SSSR count). The second-order valence-electron chi connectivity index (χ2n) is 8.85. The van der Waals surface area contributed by atoms with E-state index in [1.54, 1.807) is 23.4 Å². The minimum absolute atomic E-state index is 0.0225. The third-order valence-electron chi connectivity index (χ3n) is 6.99. The SMILES string of the molecule is C#Cc1ccc2c(c1)n(C[C@H]1CC[C@H](C(=O)N3CCN(C(C)=O)CC3)CC1)c(=O)n2C. The highest BCUT2D eigenvalue weighted by atomic mass is 16.2. The van der Waals surface area contributed by atoms with Gasteiger partial charge in [-0.1, -0.05) is 5.92 Å². The van der Waals surface area contributed by atoms with Gasteiger partial charge in [0.25, 0.3) is 0 Å². The number of amides is 2. The first-order valence-corrected chi connectivity index (χ1v) is 11.1. The van der Waals surface area contributed by atoms with Gasteiger partial charge in [0.2, 0.25) is 11.8 Å². The molecule has 2 aliphatic rings. The van der Waals surface area contributed by atoms with Crippen LogP contribution in [0.2, 0.25) is 0 Å². The second kappa shape index (κ2) is 8.62. The van der Waals surface area contributed by atoms with Crippen molar-refractivity contribution in [3.8, 4) is 12.3 Å². The van der Waals surface area contributed by atoms with Crippen LogP contribution in [0.25, 0.3) is 11.0 Å². The van der Waals surface area contributed by atoms with Crippen LogP contribution in [-0.4, -0.2) is 56.9 Å². The molecule has 2 amide bonds. The third-order valence-corrected chi connectivity index (χ3v) is 6.99. The van der Waals surface area contributed by atoms with E-state index in [1.807, 2.05) is 27.7 Å². The van der Waals surface area contributed by atoms with Crippen LogP contribution < -0.4 is 5.69 Å². The fourth-order valence-corrected chi connectivity index (χ4v) is 5.03. The Morgan fingerprint density at radius 1 is 1.03 bits per heavy atom. The molecular formula is C24H30N4O3. The topological polar surface area (TPSA) is 67.6 Å². The van der Waals surface area contributed by atoms with Crippen LogP contribution in [0.5, 0.6) is 0 Å².